The molecule has 0 aliphatic rings. The highest BCUT2D eigenvalue weighted by atomic mass is 32.2. The van der Waals surface area contributed by atoms with Gasteiger partial charge in [-0.2, -0.15) is 0 Å². The number of carbonyl (C=O) groups excluding carboxylic acids is 1. The summed E-state index contributed by atoms with van der Waals surface area (Å²) >= 11 is 0. The van der Waals surface area contributed by atoms with Crippen LogP contribution in [0, 0.1) is 0 Å². The first kappa shape index (κ1) is 15.9. The minimum atomic E-state index is -3.85. The summed E-state index contributed by atoms with van der Waals surface area (Å²) in [5, 5.41) is 8.76. The van der Waals surface area contributed by atoms with Crippen LogP contribution in [0.4, 0.5) is 5.69 Å². The molecule has 1 rings (SSSR count). The van der Waals surface area contributed by atoms with Gasteiger partial charge in [-0.25, -0.2) is 17.9 Å². The van der Waals surface area contributed by atoms with E-state index >= 15 is 0 Å². The lowest BCUT2D eigenvalue weighted by Crippen LogP contribution is -2.26. The first-order chi connectivity index (χ1) is 9.24. The molecule has 20 heavy (non-hydrogen) atoms. The number of carbonyl (C=O) groups is 2. The van der Waals surface area contributed by atoms with Crippen LogP contribution < -0.4 is 16.2 Å². The molecule has 0 radical (unpaired) electrons. The second-order valence-corrected chi connectivity index (χ2v) is 5.76. The van der Waals surface area contributed by atoms with Gasteiger partial charge >= 0.3 is 5.97 Å². The SMILES string of the molecule is NC(=O)CCCNS(=O)(=O)c1ccc(C(=O)O)cc1N. The Morgan fingerprint density at radius 3 is 2.45 bits per heavy atom. The number of aromatic carboxylic acids is 1. The molecule has 1 amide bonds. The number of primary amides is 1. The fraction of sp³-hybridized carbons (Fsp3) is 0.273. The quantitative estimate of drug-likeness (QED) is 0.394. The molecule has 1 aromatic rings. The van der Waals surface area contributed by atoms with Crippen molar-refractivity contribution in [1.82, 2.24) is 4.72 Å². The fourth-order valence-corrected chi connectivity index (χ4v) is 2.66. The summed E-state index contributed by atoms with van der Waals surface area (Å²) in [6.07, 6.45) is 0.331. The molecule has 0 saturated carbocycles. The molecule has 0 saturated heterocycles. The monoisotopic (exact) mass is 301 g/mol. The highest BCUT2D eigenvalue weighted by Gasteiger charge is 2.18. The number of nitrogen functional groups attached to an aromatic ring is 1. The van der Waals surface area contributed by atoms with Gasteiger partial charge in [-0.15, -0.1) is 0 Å². The van der Waals surface area contributed by atoms with E-state index in [1.165, 1.54) is 0 Å². The van der Waals surface area contributed by atoms with Gasteiger partial charge in [-0.3, -0.25) is 4.79 Å². The zero-order valence-electron chi connectivity index (χ0n) is 10.5. The van der Waals surface area contributed by atoms with Crippen molar-refractivity contribution < 1.29 is 23.1 Å². The summed E-state index contributed by atoms with van der Waals surface area (Å²) in [5.74, 6) is -1.72. The first-order valence-corrected chi connectivity index (χ1v) is 7.13. The van der Waals surface area contributed by atoms with Crippen molar-refractivity contribution in [1.29, 1.82) is 0 Å². The summed E-state index contributed by atoms with van der Waals surface area (Å²) in [6.45, 7) is 0.0331. The molecule has 110 valence electrons. The normalized spacial score (nSPS) is 11.2. The molecule has 0 aliphatic heterocycles. The molecule has 0 bridgehead atoms. The number of sulfonamides is 1. The second kappa shape index (κ2) is 6.35. The van der Waals surface area contributed by atoms with Crippen LogP contribution in [0.5, 0.6) is 0 Å². The summed E-state index contributed by atoms with van der Waals surface area (Å²) in [6, 6.07) is 3.34. The molecule has 0 atom stereocenters. The van der Waals surface area contributed by atoms with Crippen molar-refractivity contribution in [3.05, 3.63) is 23.8 Å². The Kier molecular flexibility index (Phi) is 5.06. The number of benzene rings is 1. The van der Waals surface area contributed by atoms with Crippen LogP contribution in [0.1, 0.15) is 23.2 Å². The molecular weight excluding hydrogens is 286 g/mol. The maximum atomic E-state index is 11.9. The highest BCUT2D eigenvalue weighted by molar-refractivity contribution is 7.89. The van der Waals surface area contributed by atoms with E-state index in [-0.39, 0.29) is 35.5 Å². The lowest BCUT2D eigenvalue weighted by molar-refractivity contribution is -0.118. The summed E-state index contributed by atoms with van der Waals surface area (Å²) in [4.78, 5) is 21.0. The number of rotatable bonds is 7. The third-order valence-electron chi connectivity index (χ3n) is 2.44. The van der Waals surface area contributed by atoms with Crippen molar-refractivity contribution in [2.45, 2.75) is 17.7 Å². The van der Waals surface area contributed by atoms with Crippen LogP contribution in [0.15, 0.2) is 23.1 Å². The van der Waals surface area contributed by atoms with Gasteiger partial charge in [0.2, 0.25) is 15.9 Å². The van der Waals surface area contributed by atoms with E-state index in [2.05, 4.69) is 4.72 Å². The third-order valence-corrected chi connectivity index (χ3v) is 3.97. The van der Waals surface area contributed by atoms with Crippen molar-refractivity contribution in [2.24, 2.45) is 5.73 Å². The molecule has 6 N–H and O–H groups in total. The predicted octanol–water partition coefficient (Wildman–Crippen LogP) is -0.489. The minimum absolute atomic E-state index is 0.0331. The molecule has 0 aromatic heterocycles. The summed E-state index contributed by atoms with van der Waals surface area (Å²) < 4.78 is 26.1. The van der Waals surface area contributed by atoms with E-state index in [0.717, 1.165) is 18.2 Å². The zero-order valence-corrected chi connectivity index (χ0v) is 11.3. The number of carboxylic acids is 1. The van der Waals surface area contributed by atoms with Crippen LogP contribution in [0.3, 0.4) is 0 Å². The summed E-state index contributed by atoms with van der Waals surface area (Å²) in [5.41, 5.74) is 10.2. The van der Waals surface area contributed by atoms with Gasteiger partial charge in [-0.05, 0) is 24.6 Å². The minimum Gasteiger partial charge on any atom is -0.478 e. The van der Waals surface area contributed by atoms with E-state index in [9.17, 15) is 18.0 Å². The van der Waals surface area contributed by atoms with Crippen molar-refractivity contribution in [2.75, 3.05) is 12.3 Å². The van der Waals surface area contributed by atoms with E-state index < -0.39 is 21.9 Å². The average Bonchev–Trinajstić information content (AvgIpc) is 2.34. The molecule has 8 nitrogen and oxygen atoms in total. The molecule has 0 heterocycles. The zero-order chi connectivity index (χ0) is 15.3. The standard InChI is InChI=1S/C11H15N3O5S/c12-8-6-7(11(16)17)3-4-9(8)20(18,19)14-5-1-2-10(13)15/h3-4,6,14H,1-2,5,12H2,(H2,13,15)(H,16,17). The fourth-order valence-electron chi connectivity index (χ4n) is 1.47. The van der Waals surface area contributed by atoms with E-state index in [0.29, 0.717) is 0 Å². The van der Waals surface area contributed by atoms with Crippen LogP contribution >= 0.6 is 0 Å². The second-order valence-electron chi connectivity index (χ2n) is 4.03. The van der Waals surface area contributed by atoms with Crippen LogP contribution in [0.2, 0.25) is 0 Å². The Morgan fingerprint density at radius 2 is 1.95 bits per heavy atom. The van der Waals surface area contributed by atoms with Crippen molar-refractivity contribution in [3.63, 3.8) is 0 Å². The number of nitrogens with two attached hydrogens (primary N) is 2. The lowest BCUT2D eigenvalue weighted by atomic mass is 10.2. The number of nitrogens with one attached hydrogen (secondary N) is 1. The molecule has 9 heteroatoms. The Hall–Kier alpha value is -2.13. The van der Waals surface area contributed by atoms with Crippen molar-refractivity contribution >= 4 is 27.6 Å². The van der Waals surface area contributed by atoms with Crippen LogP contribution in [-0.4, -0.2) is 31.9 Å². The van der Waals surface area contributed by atoms with Gasteiger partial charge in [0.1, 0.15) is 4.90 Å². The lowest BCUT2D eigenvalue weighted by Gasteiger charge is -2.09. The summed E-state index contributed by atoms with van der Waals surface area (Å²) in [7, 11) is -3.85. The number of hydrogen-bond donors (Lipinski definition) is 4. The molecule has 0 spiro atoms. The van der Waals surface area contributed by atoms with Gasteiger partial charge in [-0.1, -0.05) is 0 Å². The van der Waals surface area contributed by atoms with Gasteiger partial charge < -0.3 is 16.6 Å². The Morgan fingerprint density at radius 1 is 1.30 bits per heavy atom. The number of carboxylic acid groups (broad SMARTS) is 1. The van der Waals surface area contributed by atoms with Crippen molar-refractivity contribution in [3.8, 4) is 0 Å². The smallest absolute Gasteiger partial charge is 0.335 e. The Bertz CT molecular complexity index is 627. The maximum absolute atomic E-state index is 11.9. The number of anilines is 1. The number of amides is 1. The van der Waals surface area contributed by atoms with E-state index in [4.69, 9.17) is 16.6 Å². The van der Waals surface area contributed by atoms with Gasteiger partial charge in [0.15, 0.2) is 0 Å². The number of hydrogen-bond acceptors (Lipinski definition) is 5. The van der Waals surface area contributed by atoms with Crippen LogP contribution in [-0.2, 0) is 14.8 Å². The largest absolute Gasteiger partial charge is 0.478 e. The molecular formula is C11H15N3O5S. The third kappa shape index (κ3) is 4.21. The van der Waals surface area contributed by atoms with E-state index in [1.54, 1.807) is 0 Å². The molecule has 1 aromatic carbocycles. The van der Waals surface area contributed by atoms with Gasteiger partial charge in [0, 0.05) is 13.0 Å². The Balaban J connectivity index is 2.82. The Labute approximate surface area is 115 Å². The molecule has 0 aliphatic carbocycles. The predicted molar refractivity (Wildman–Crippen MR) is 71.4 cm³/mol. The topological polar surface area (TPSA) is 153 Å². The first-order valence-electron chi connectivity index (χ1n) is 5.65. The van der Waals surface area contributed by atoms with E-state index in [1.807, 2.05) is 0 Å². The highest BCUT2D eigenvalue weighted by Crippen LogP contribution is 2.19. The van der Waals surface area contributed by atoms with Crippen LogP contribution in [0.25, 0.3) is 0 Å². The van der Waals surface area contributed by atoms with Gasteiger partial charge in [0.05, 0.1) is 11.3 Å². The molecule has 0 fully saturated rings. The molecule has 0 unspecified atom stereocenters. The van der Waals surface area contributed by atoms with Gasteiger partial charge in [0.25, 0.3) is 0 Å². The average molecular weight is 301 g/mol. The maximum Gasteiger partial charge on any atom is 0.335 e.